The minimum atomic E-state index is -1.18. The topological polar surface area (TPSA) is 82.3 Å². The lowest BCUT2D eigenvalue weighted by Crippen LogP contribution is -2.50. The second-order valence-corrected chi connectivity index (χ2v) is 8.52. The first-order chi connectivity index (χ1) is 12.8. The van der Waals surface area contributed by atoms with E-state index in [0.717, 1.165) is 29.6 Å². The summed E-state index contributed by atoms with van der Waals surface area (Å²) < 4.78 is 0. The lowest BCUT2D eigenvalue weighted by molar-refractivity contribution is 0.0465. The fraction of sp³-hybridized carbons (Fsp3) is 0.500. The van der Waals surface area contributed by atoms with E-state index >= 15 is 0 Å². The summed E-state index contributed by atoms with van der Waals surface area (Å²) in [7, 11) is 0. The molecule has 1 aromatic carbocycles. The normalized spacial score (nSPS) is 35.4. The Balaban J connectivity index is 1.76. The highest BCUT2D eigenvalue weighted by atomic mass is 16.6. The van der Waals surface area contributed by atoms with Gasteiger partial charge in [0, 0.05) is 16.4 Å². The molecule has 1 aromatic rings. The standard InChI is InChI=1S/C22H27NO4/c1-14-17-16(11-20(2,13-24)19(17)25)18(21(3,26)22(14)9-10-22)23-27-12-15-7-5-4-6-8-15/h4-8,11,19,24-26H,9-10,12-13H2,1-3H3/b23-18+/t19-,20+,21+/m1/s1. The monoisotopic (exact) mass is 369 g/mol. The van der Waals surface area contributed by atoms with Gasteiger partial charge < -0.3 is 20.2 Å². The van der Waals surface area contributed by atoms with Crippen molar-refractivity contribution in [3.05, 3.63) is 58.7 Å². The third kappa shape index (κ3) is 2.53. The fourth-order valence-electron chi connectivity index (χ4n) is 4.68. The van der Waals surface area contributed by atoms with Gasteiger partial charge in [0.15, 0.2) is 0 Å². The van der Waals surface area contributed by atoms with Gasteiger partial charge in [0.25, 0.3) is 0 Å². The fourth-order valence-corrected chi connectivity index (χ4v) is 4.68. The second kappa shape index (κ2) is 6.03. The van der Waals surface area contributed by atoms with Crippen molar-refractivity contribution in [1.82, 2.24) is 0 Å². The Morgan fingerprint density at radius 3 is 2.44 bits per heavy atom. The highest BCUT2D eigenvalue weighted by molar-refractivity contribution is 6.12. The average molecular weight is 369 g/mol. The molecule has 5 nitrogen and oxygen atoms in total. The molecule has 0 bridgehead atoms. The van der Waals surface area contributed by atoms with Gasteiger partial charge in [-0.25, -0.2) is 0 Å². The Morgan fingerprint density at radius 2 is 1.85 bits per heavy atom. The summed E-state index contributed by atoms with van der Waals surface area (Å²) in [4.78, 5) is 5.62. The number of nitrogens with zero attached hydrogens (tertiary/aromatic N) is 1. The quantitative estimate of drug-likeness (QED) is 0.713. The van der Waals surface area contributed by atoms with E-state index in [-0.39, 0.29) is 6.61 Å². The van der Waals surface area contributed by atoms with E-state index in [1.165, 1.54) is 0 Å². The maximum atomic E-state index is 11.4. The van der Waals surface area contributed by atoms with Crippen LogP contribution in [0.4, 0.5) is 0 Å². The largest absolute Gasteiger partial charge is 0.395 e. The number of benzene rings is 1. The summed E-state index contributed by atoms with van der Waals surface area (Å²) in [5.41, 5.74) is 1.57. The molecule has 5 heteroatoms. The maximum absolute atomic E-state index is 11.4. The zero-order chi connectivity index (χ0) is 19.4. The number of fused-ring (bicyclic) bond motifs is 1. The Labute approximate surface area is 159 Å². The van der Waals surface area contributed by atoms with E-state index < -0.39 is 22.5 Å². The molecule has 0 aromatic heterocycles. The molecule has 0 saturated heterocycles. The summed E-state index contributed by atoms with van der Waals surface area (Å²) in [6, 6.07) is 9.73. The minimum Gasteiger partial charge on any atom is -0.395 e. The zero-order valence-corrected chi connectivity index (χ0v) is 16.1. The van der Waals surface area contributed by atoms with E-state index in [2.05, 4.69) is 5.16 Å². The Kier molecular flexibility index (Phi) is 4.11. The number of hydrogen-bond acceptors (Lipinski definition) is 5. The Bertz CT molecular complexity index is 848. The van der Waals surface area contributed by atoms with E-state index in [0.29, 0.717) is 17.9 Å². The van der Waals surface area contributed by atoms with Crippen molar-refractivity contribution in [2.75, 3.05) is 6.61 Å². The molecule has 3 atom stereocenters. The zero-order valence-electron chi connectivity index (χ0n) is 16.1. The highest BCUT2D eigenvalue weighted by Crippen LogP contribution is 2.65. The van der Waals surface area contributed by atoms with Crippen LogP contribution >= 0.6 is 0 Å². The van der Waals surface area contributed by atoms with E-state index in [9.17, 15) is 15.3 Å². The molecule has 1 saturated carbocycles. The summed E-state index contributed by atoms with van der Waals surface area (Å²) in [6.07, 6.45) is 2.72. The number of aliphatic hydroxyl groups excluding tert-OH is 2. The lowest BCUT2D eigenvalue weighted by atomic mass is 9.67. The molecule has 4 rings (SSSR count). The Hall–Kier alpha value is -1.95. The predicted octanol–water partition coefficient (Wildman–Crippen LogP) is 2.72. The first kappa shape index (κ1) is 18.4. The molecule has 1 spiro atoms. The predicted molar refractivity (Wildman–Crippen MR) is 103 cm³/mol. The van der Waals surface area contributed by atoms with Crippen molar-refractivity contribution >= 4 is 5.71 Å². The molecule has 0 amide bonds. The van der Waals surface area contributed by atoms with Crippen molar-refractivity contribution in [2.24, 2.45) is 16.0 Å². The van der Waals surface area contributed by atoms with Crippen molar-refractivity contribution < 1.29 is 20.2 Å². The van der Waals surface area contributed by atoms with Crippen LogP contribution in [0.25, 0.3) is 0 Å². The van der Waals surface area contributed by atoms with Crippen LogP contribution in [0.5, 0.6) is 0 Å². The molecule has 144 valence electrons. The molecular formula is C22H27NO4. The summed E-state index contributed by atoms with van der Waals surface area (Å²) in [5.74, 6) is 0. The molecule has 0 aliphatic heterocycles. The van der Waals surface area contributed by atoms with Crippen LogP contribution in [0.3, 0.4) is 0 Å². The number of oxime groups is 1. The molecule has 0 heterocycles. The third-order valence-electron chi connectivity index (χ3n) is 6.75. The van der Waals surface area contributed by atoms with Gasteiger partial charge in [0.1, 0.15) is 17.9 Å². The minimum absolute atomic E-state index is 0.179. The van der Waals surface area contributed by atoms with Crippen LogP contribution in [0.1, 0.15) is 39.2 Å². The smallest absolute Gasteiger partial charge is 0.142 e. The van der Waals surface area contributed by atoms with E-state index in [1.807, 2.05) is 50.3 Å². The molecule has 3 N–H and O–H groups in total. The molecular weight excluding hydrogens is 342 g/mol. The van der Waals surface area contributed by atoms with Gasteiger partial charge in [0.05, 0.1) is 12.7 Å². The number of rotatable bonds is 4. The van der Waals surface area contributed by atoms with Crippen molar-refractivity contribution in [3.63, 3.8) is 0 Å². The molecule has 3 aliphatic carbocycles. The van der Waals surface area contributed by atoms with Gasteiger partial charge in [-0.15, -0.1) is 0 Å². The van der Waals surface area contributed by atoms with Crippen LogP contribution in [0, 0.1) is 10.8 Å². The van der Waals surface area contributed by atoms with E-state index in [1.54, 1.807) is 6.92 Å². The second-order valence-electron chi connectivity index (χ2n) is 8.52. The molecule has 0 radical (unpaired) electrons. The SMILES string of the molecule is CC1=C2C(=C[C@@](C)(CO)[C@@H]2O)/C(=N\OCc2ccccc2)[C@](C)(O)C12CC2. The molecule has 3 aliphatic rings. The van der Waals surface area contributed by atoms with Gasteiger partial charge >= 0.3 is 0 Å². The van der Waals surface area contributed by atoms with Crippen molar-refractivity contribution in [3.8, 4) is 0 Å². The number of aliphatic hydroxyl groups is 3. The Morgan fingerprint density at radius 1 is 1.19 bits per heavy atom. The molecule has 1 fully saturated rings. The maximum Gasteiger partial charge on any atom is 0.142 e. The van der Waals surface area contributed by atoms with Gasteiger partial charge in [-0.1, -0.05) is 54.1 Å². The molecule has 0 unspecified atom stereocenters. The summed E-state index contributed by atoms with van der Waals surface area (Å²) in [5, 5.41) is 36.6. The highest BCUT2D eigenvalue weighted by Gasteiger charge is 2.65. The van der Waals surface area contributed by atoms with Crippen LogP contribution < -0.4 is 0 Å². The number of hydrogen-bond donors (Lipinski definition) is 3. The van der Waals surface area contributed by atoms with Crippen molar-refractivity contribution in [2.45, 2.75) is 51.9 Å². The van der Waals surface area contributed by atoms with Gasteiger partial charge in [-0.3, -0.25) is 0 Å². The summed E-state index contributed by atoms with van der Waals surface area (Å²) >= 11 is 0. The van der Waals surface area contributed by atoms with Crippen LogP contribution in [-0.4, -0.2) is 39.3 Å². The van der Waals surface area contributed by atoms with Crippen LogP contribution in [0.15, 0.2) is 58.3 Å². The van der Waals surface area contributed by atoms with Gasteiger partial charge in [-0.2, -0.15) is 0 Å². The van der Waals surface area contributed by atoms with Crippen LogP contribution in [-0.2, 0) is 11.4 Å². The first-order valence-electron chi connectivity index (χ1n) is 9.47. The van der Waals surface area contributed by atoms with Crippen LogP contribution in [0.2, 0.25) is 0 Å². The average Bonchev–Trinajstić information content (AvgIpc) is 3.42. The first-order valence-corrected chi connectivity index (χ1v) is 9.47. The van der Waals surface area contributed by atoms with E-state index in [4.69, 9.17) is 4.84 Å². The van der Waals surface area contributed by atoms with Gasteiger partial charge in [0.2, 0.25) is 0 Å². The van der Waals surface area contributed by atoms with Crippen molar-refractivity contribution in [1.29, 1.82) is 0 Å². The third-order valence-corrected chi connectivity index (χ3v) is 6.75. The lowest BCUT2D eigenvalue weighted by Gasteiger charge is -2.41. The summed E-state index contributed by atoms with van der Waals surface area (Å²) in [6.45, 7) is 5.71. The molecule has 27 heavy (non-hydrogen) atoms. The van der Waals surface area contributed by atoms with Gasteiger partial charge in [-0.05, 0) is 37.8 Å².